The van der Waals surface area contributed by atoms with E-state index < -0.39 is 5.91 Å². The first-order valence-electron chi connectivity index (χ1n) is 8.84. The van der Waals surface area contributed by atoms with Gasteiger partial charge >= 0.3 is 0 Å². The Morgan fingerprint density at radius 2 is 1.90 bits per heavy atom. The maximum atomic E-state index is 12.1. The van der Waals surface area contributed by atoms with Crippen molar-refractivity contribution in [3.63, 3.8) is 0 Å². The number of halogens is 2. The van der Waals surface area contributed by atoms with E-state index in [-0.39, 0.29) is 17.9 Å². The number of ether oxygens (including phenoxy) is 2. The highest BCUT2D eigenvalue weighted by atomic mass is 35.5. The van der Waals surface area contributed by atoms with Crippen LogP contribution >= 0.6 is 23.2 Å². The van der Waals surface area contributed by atoms with E-state index in [4.69, 9.17) is 32.7 Å². The fourth-order valence-corrected chi connectivity index (χ4v) is 3.03. The summed E-state index contributed by atoms with van der Waals surface area (Å²) in [5.74, 6) is 0.389. The second kappa shape index (κ2) is 10.0. The lowest BCUT2D eigenvalue weighted by molar-refractivity contribution is 0.0952. The molecule has 0 unspecified atom stereocenters. The van der Waals surface area contributed by atoms with Crippen LogP contribution in [0.1, 0.15) is 21.5 Å². The summed E-state index contributed by atoms with van der Waals surface area (Å²) in [7, 11) is 1.53. The van der Waals surface area contributed by atoms with Gasteiger partial charge in [0.2, 0.25) is 0 Å². The molecule has 0 heterocycles. The first-order chi connectivity index (χ1) is 14.5. The predicted octanol–water partition coefficient (Wildman–Crippen LogP) is 5.05. The summed E-state index contributed by atoms with van der Waals surface area (Å²) >= 11 is 12.1. The van der Waals surface area contributed by atoms with Crippen molar-refractivity contribution in [3.8, 4) is 17.2 Å². The van der Waals surface area contributed by atoms with Gasteiger partial charge in [0.05, 0.1) is 18.9 Å². The summed E-state index contributed by atoms with van der Waals surface area (Å²) in [5, 5.41) is 14.7. The van der Waals surface area contributed by atoms with Crippen LogP contribution in [0.2, 0.25) is 10.0 Å². The van der Waals surface area contributed by atoms with E-state index in [9.17, 15) is 9.90 Å². The van der Waals surface area contributed by atoms with Gasteiger partial charge in [-0.2, -0.15) is 5.10 Å². The number of hydrogen-bond acceptors (Lipinski definition) is 5. The number of carbonyl (C=O) groups excluding carboxylic acids is 1. The minimum Gasteiger partial charge on any atom is -0.507 e. The van der Waals surface area contributed by atoms with Crippen LogP contribution in [-0.2, 0) is 6.61 Å². The average Bonchev–Trinajstić information content (AvgIpc) is 2.73. The quantitative estimate of drug-likeness (QED) is 0.394. The van der Waals surface area contributed by atoms with Crippen LogP contribution < -0.4 is 14.9 Å². The zero-order valence-corrected chi connectivity index (χ0v) is 17.4. The lowest BCUT2D eigenvalue weighted by Crippen LogP contribution is -2.17. The molecule has 154 valence electrons. The van der Waals surface area contributed by atoms with Gasteiger partial charge in [0.15, 0.2) is 11.5 Å². The number of phenolic OH excluding ortho intramolecular Hbond substituents is 1. The Morgan fingerprint density at radius 3 is 2.63 bits per heavy atom. The van der Waals surface area contributed by atoms with Gasteiger partial charge in [-0.05, 0) is 48.0 Å². The van der Waals surface area contributed by atoms with E-state index in [1.807, 2.05) is 0 Å². The molecule has 0 aliphatic heterocycles. The van der Waals surface area contributed by atoms with Gasteiger partial charge in [0.25, 0.3) is 5.91 Å². The van der Waals surface area contributed by atoms with Crippen LogP contribution in [-0.4, -0.2) is 24.3 Å². The van der Waals surface area contributed by atoms with Gasteiger partial charge in [-0.3, -0.25) is 4.79 Å². The molecular weight excluding hydrogens is 427 g/mol. The number of carbonyl (C=O) groups is 1. The van der Waals surface area contributed by atoms with Crippen molar-refractivity contribution in [1.29, 1.82) is 0 Å². The van der Waals surface area contributed by atoms with Gasteiger partial charge in [-0.15, -0.1) is 0 Å². The predicted molar refractivity (Wildman–Crippen MR) is 117 cm³/mol. The van der Waals surface area contributed by atoms with Crippen LogP contribution in [0.5, 0.6) is 17.2 Å². The monoisotopic (exact) mass is 444 g/mol. The number of amides is 1. The molecule has 30 heavy (non-hydrogen) atoms. The number of hydrogen-bond donors (Lipinski definition) is 2. The molecule has 1 amide bonds. The number of nitrogens with one attached hydrogen (secondary N) is 1. The lowest BCUT2D eigenvalue weighted by atomic mass is 10.2. The fourth-order valence-electron chi connectivity index (χ4n) is 2.57. The van der Waals surface area contributed by atoms with Gasteiger partial charge in [-0.1, -0.05) is 41.4 Å². The third-order valence-corrected chi connectivity index (χ3v) is 4.70. The third-order valence-electron chi connectivity index (χ3n) is 4.11. The lowest BCUT2D eigenvalue weighted by Gasteiger charge is -2.12. The fraction of sp³-hybridized carbons (Fsp3) is 0.0909. The van der Waals surface area contributed by atoms with Gasteiger partial charge in [-0.25, -0.2) is 5.43 Å². The molecule has 0 aliphatic carbocycles. The molecule has 0 saturated carbocycles. The molecule has 0 bridgehead atoms. The first kappa shape index (κ1) is 21.5. The molecule has 6 nitrogen and oxygen atoms in total. The van der Waals surface area contributed by atoms with E-state index in [0.29, 0.717) is 27.1 Å². The van der Waals surface area contributed by atoms with Crippen LogP contribution in [0.15, 0.2) is 65.8 Å². The van der Waals surface area contributed by atoms with Gasteiger partial charge in [0.1, 0.15) is 12.4 Å². The molecule has 2 N–H and O–H groups in total. The van der Waals surface area contributed by atoms with Crippen molar-refractivity contribution in [2.45, 2.75) is 6.61 Å². The number of methoxy groups -OCH3 is 1. The summed E-state index contributed by atoms with van der Waals surface area (Å²) < 4.78 is 11.2. The summed E-state index contributed by atoms with van der Waals surface area (Å²) in [6, 6.07) is 16.6. The maximum absolute atomic E-state index is 12.1. The Hall–Kier alpha value is -3.22. The van der Waals surface area contributed by atoms with Crippen LogP contribution in [0.25, 0.3) is 0 Å². The van der Waals surface area contributed by atoms with E-state index in [0.717, 1.165) is 5.56 Å². The highest BCUT2D eigenvalue weighted by molar-refractivity contribution is 6.35. The van der Waals surface area contributed by atoms with Crippen LogP contribution in [0.4, 0.5) is 0 Å². The number of benzene rings is 3. The Bertz CT molecular complexity index is 1090. The van der Waals surface area contributed by atoms with E-state index >= 15 is 0 Å². The van der Waals surface area contributed by atoms with Crippen molar-refractivity contribution >= 4 is 35.3 Å². The molecule has 3 rings (SSSR count). The normalized spacial score (nSPS) is 10.8. The van der Waals surface area contributed by atoms with Crippen molar-refractivity contribution in [2.24, 2.45) is 5.10 Å². The Balaban J connectivity index is 1.65. The molecular formula is C22H18Cl2N2O4. The maximum Gasteiger partial charge on any atom is 0.275 e. The third kappa shape index (κ3) is 5.43. The topological polar surface area (TPSA) is 80.2 Å². The first-order valence-corrected chi connectivity index (χ1v) is 9.59. The number of hydrazone groups is 1. The highest BCUT2D eigenvalue weighted by Gasteiger charge is 2.10. The molecule has 3 aromatic carbocycles. The number of phenols is 1. The van der Waals surface area contributed by atoms with E-state index in [1.54, 1.807) is 48.5 Å². The molecule has 0 aromatic heterocycles. The minimum atomic E-state index is -0.517. The van der Waals surface area contributed by atoms with Crippen LogP contribution in [0, 0.1) is 0 Å². The zero-order chi connectivity index (χ0) is 21.5. The molecule has 3 aromatic rings. The van der Waals surface area contributed by atoms with Gasteiger partial charge in [0, 0.05) is 15.6 Å². The summed E-state index contributed by atoms with van der Waals surface area (Å²) in [6.45, 7) is 0.246. The largest absolute Gasteiger partial charge is 0.507 e. The second-order valence-corrected chi connectivity index (χ2v) is 6.99. The van der Waals surface area contributed by atoms with Crippen molar-refractivity contribution in [1.82, 2.24) is 5.43 Å². The standard InChI is InChI=1S/C22H18Cl2N2O4/c1-29-21-10-14(12-25-26-22(28)17-4-2-3-5-19(17)27)6-9-20(21)30-13-15-7-8-16(23)11-18(15)24/h2-12,27H,13H2,1H3,(H,26,28). The molecule has 0 fully saturated rings. The van der Waals surface area contributed by atoms with Crippen LogP contribution in [0.3, 0.4) is 0 Å². The smallest absolute Gasteiger partial charge is 0.275 e. The van der Waals surface area contributed by atoms with Gasteiger partial charge < -0.3 is 14.6 Å². The minimum absolute atomic E-state index is 0.117. The number of nitrogens with zero attached hydrogens (tertiary/aromatic N) is 1. The second-order valence-electron chi connectivity index (χ2n) is 6.15. The molecule has 0 saturated heterocycles. The highest BCUT2D eigenvalue weighted by Crippen LogP contribution is 2.29. The Kier molecular flexibility index (Phi) is 7.17. The Morgan fingerprint density at radius 1 is 1.10 bits per heavy atom. The Labute approximate surface area is 183 Å². The number of aromatic hydroxyl groups is 1. The SMILES string of the molecule is COc1cc(C=NNC(=O)c2ccccc2O)ccc1OCc1ccc(Cl)cc1Cl. The molecule has 8 heteroatoms. The van der Waals surface area contributed by atoms with Crippen molar-refractivity contribution < 1.29 is 19.4 Å². The van der Waals surface area contributed by atoms with Crippen molar-refractivity contribution in [3.05, 3.63) is 87.4 Å². The van der Waals surface area contributed by atoms with E-state index in [2.05, 4.69) is 10.5 Å². The van der Waals surface area contributed by atoms with Crippen molar-refractivity contribution in [2.75, 3.05) is 7.11 Å². The molecule has 0 aliphatic rings. The van der Waals surface area contributed by atoms with E-state index in [1.165, 1.54) is 25.5 Å². The molecule has 0 radical (unpaired) electrons. The summed E-state index contributed by atoms with van der Waals surface area (Å²) in [5.41, 5.74) is 3.98. The molecule has 0 atom stereocenters. The summed E-state index contributed by atoms with van der Waals surface area (Å²) in [6.07, 6.45) is 1.46. The zero-order valence-electron chi connectivity index (χ0n) is 15.9. The summed E-state index contributed by atoms with van der Waals surface area (Å²) in [4.78, 5) is 12.1. The number of rotatable bonds is 7. The average molecular weight is 445 g/mol. The molecule has 0 spiro atoms. The number of para-hydroxylation sites is 1.